The maximum Gasteiger partial charge on any atom is 0.260 e. The van der Waals surface area contributed by atoms with Crippen molar-refractivity contribution in [3.8, 4) is 11.8 Å². The summed E-state index contributed by atoms with van der Waals surface area (Å²) in [4.78, 5) is 14.3. The second-order valence-corrected chi connectivity index (χ2v) is 7.62. The van der Waals surface area contributed by atoms with E-state index < -0.39 is 0 Å². The minimum atomic E-state index is -0.120. The summed E-state index contributed by atoms with van der Waals surface area (Å²) in [5, 5.41) is 8.86. The van der Waals surface area contributed by atoms with Gasteiger partial charge in [-0.3, -0.25) is 4.79 Å². The fourth-order valence-electron chi connectivity index (χ4n) is 2.55. The summed E-state index contributed by atoms with van der Waals surface area (Å²) >= 11 is 6.90. The Hall–Kier alpha value is -1.84. The van der Waals surface area contributed by atoms with Gasteiger partial charge in [0.15, 0.2) is 6.61 Å². The maximum absolute atomic E-state index is 12.6. The van der Waals surface area contributed by atoms with Crippen molar-refractivity contribution in [2.24, 2.45) is 0 Å². The molecule has 0 spiro atoms. The summed E-state index contributed by atoms with van der Waals surface area (Å²) in [6.07, 6.45) is 1.06. The molecule has 0 aliphatic rings. The SMILES string of the molecule is Cc1cc(Br)cc(Br)c1OCC(=O)N(CCC#N)CCc1ccccc1. The Labute approximate surface area is 171 Å². The van der Waals surface area contributed by atoms with Crippen molar-refractivity contribution in [1.29, 1.82) is 5.26 Å². The molecule has 2 rings (SSSR count). The van der Waals surface area contributed by atoms with Crippen molar-refractivity contribution in [3.63, 3.8) is 0 Å². The number of hydrogen-bond donors (Lipinski definition) is 0. The predicted octanol–water partition coefficient (Wildman–Crippen LogP) is 4.88. The lowest BCUT2D eigenvalue weighted by Gasteiger charge is -2.22. The van der Waals surface area contributed by atoms with Gasteiger partial charge in [0.2, 0.25) is 0 Å². The minimum absolute atomic E-state index is 0.0543. The molecule has 2 aromatic carbocycles. The first-order valence-corrected chi connectivity index (χ1v) is 9.87. The Bertz CT molecular complexity index is 765. The number of ether oxygens (including phenoxy) is 1. The third kappa shape index (κ3) is 6.15. The van der Waals surface area contributed by atoms with Crippen LogP contribution in [0, 0.1) is 18.3 Å². The third-order valence-corrected chi connectivity index (χ3v) is 4.94. The fraction of sp³-hybridized carbons (Fsp3) is 0.300. The van der Waals surface area contributed by atoms with Crippen LogP contribution in [0.2, 0.25) is 0 Å². The van der Waals surface area contributed by atoms with E-state index in [0.29, 0.717) is 25.3 Å². The van der Waals surface area contributed by atoms with Crippen LogP contribution in [0.15, 0.2) is 51.4 Å². The molecule has 0 aromatic heterocycles. The molecule has 0 atom stereocenters. The van der Waals surface area contributed by atoms with Gasteiger partial charge >= 0.3 is 0 Å². The number of carbonyl (C=O) groups is 1. The van der Waals surface area contributed by atoms with Gasteiger partial charge in [0, 0.05) is 17.6 Å². The Morgan fingerprint density at radius 1 is 1.19 bits per heavy atom. The van der Waals surface area contributed by atoms with E-state index in [9.17, 15) is 4.79 Å². The van der Waals surface area contributed by atoms with E-state index in [1.165, 1.54) is 0 Å². The molecular formula is C20H20Br2N2O2. The largest absolute Gasteiger partial charge is 0.482 e. The van der Waals surface area contributed by atoms with Crippen LogP contribution in [0.25, 0.3) is 0 Å². The maximum atomic E-state index is 12.6. The number of benzene rings is 2. The normalized spacial score (nSPS) is 10.2. The van der Waals surface area contributed by atoms with Gasteiger partial charge in [-0.15, -0.1) is 0 Å². The first-order chi connectivity index (χ1) is 12.5. The molecule has 0 heterocycles. The first kappa shape index (κ1) is 20.5. The molecule has 4 nitrogen and oxygen atoms in total. The monoisotopic (exact) mass is 478 g/mol. The molecule has 0 aliphatic heterocycles. The lowest BCUT2D eigenvalue weighted by molar-refractivity contribution is -0.133. The highest BCUT2D eigenvalue weighted by molar-refractivity contribution is 9.11. The molecule has 0 N–H and O–H groups in total. The Morgan fingerprint density at radius 2 is 1.92 bits per heavy atom. The van der Waals surface area contributed by atoms with Crippen LogP contribution in [-0.2, 0) is 11.2 Å². The van der Waals surface area contributed by atoms with Gasteiger partial charge in [-0.05, 0) is 52.5 Å². The highest BCUT2D eigenvalue weighted by Crippen LogP contribution is 2.32. The molecule has 2 aromatic rings. The van der Waals surface area contributed by atoms with Crippen molar-refractivity contribution in [2.75, 3.05) is 19.7 Å². The number of amides is 1. The second-order valence-electron chi connectivity index (χ2n) is 5.85. The van der Waals surface area contributed by atoms with Crippen molar-refractivity contribution in [3.05, 3.63) is 62.5 Å². The van der Waals surface area contributed by atoms with Gasteiger partial charge in [-0.1, -0.05) is 46.3 Å². The highest BCUT2D eigenvalue weighted by Gasteiger charge is 2.16. The van der Waals surface area contributed by atoms with Gasteiger partial charge in [0.1, 0.15) is 5.75 Å². The molecule has 6 heteroatoms. The Kier molecular flexibility index (Phi) is 8.14. The lowest BCUT2D eigenvalue weighted by atomic mass is 10.1. The zero-order valence-corrected chi connectivity index (χ0v) is 17.7. The van der Waals surface area contributed by atoms with Crippen LogP contribution >= 0.6 is 31.9 Å². The van der Waals surface area contributed by atoms with Crippen LogP contribution in [0.4, 0.5) is 0 Å². The molecule has 0 saturated carbocycles. The van der Waals surface area contributed by atoms with Gasteiger partial charge in [-0.2, -0.15) is 5.26 Å². The average Bonchev–Trinajstić information content (AvgIpc) is 2.61. The van der Waals surface area contributed by atoms with Crippen LogP contribution in [-0.4, -0.2) is 30.5 Å². The predicted molar refractivity (Wildman–Crippen MR) is 109 cm³/mol. The summed E-state index contributed by atoms with van der Waals surface area (Å²) in [5.74, 6) is 0.537. The molecule has 26 heavy (non-hydrogen) atoms. The smallest absolute Gasteiger partial charge is 0.260 e. The Balaban J connectivity index is 1.99. The van der Waals surface area contributed by atoms with E-state index >= 15 is 0 Å². The topological polar surface area (TPSA) is 53.3 Å². The van der Waals surface area contributed by atoms with Crippen LogP contribution in [0.3, 0.4) is 0 Å². The summed E-state index contributed by atoms with van der Waals surface area (Å²) in [5.41, 5.74) is 2.10. The fourth-order valence-corrected chi connectivity index (χ4v) is 4.11. The first-order valence-electron chi connectivity index (χ1n) is 8.28. The number of hydrogen-bond acceptors (Lipinski definition) is 3. The van der Waals surface area contributed by atoms with E-state index in [1.807, 2.05) is 49.4 Å². The zero-order valence-electron chi connectivity index (χ0n) is 14.5. The molecule has 0 radical (unpaired) electrons. The van der Waals surface area contributed by atoms with E-state index in [-0.39, 0.29) is 12.5 Å². The van der Waals surface area contributed by atoms with Crippen molar-refractivity contribution >= 4 is 37.8 Å². The zero-order chi connectivity index (χ0) is 18.9. The van der Waals surface area contributed by atoms with Crippen LogP contribution in [0.1, 0.15) is 17.5 Å². The summed E-state index contributed by atoms with van der Waals surface area (Å²) in [6, 6.07) is 15.9. The molecule has 0 unspecified atom stereocenters. The molecule has 0 fully saturated rings. The van der Waals surface area contributed by atoms with Gasteiger partial charge in [0.05, 0.1) is 17.0 Å². The van der Waals surface area contributed by atoms with Crippen LogP contribution < -0.4 is 4.74 Å². The molecular weight excluding hydrogens is 460 g/mol. The molecule has 0 bridgehead atoms. The highest BCUT2D eigenvalue weighted by atomic mass is 79.9. The molecule has 0 saturated heterocycles. The van der Waals surface area contributed by atoms with Crippen molar-refractivity contribution < 1.29 is 9.53 Å². The lowest BCUT2D eigenvalue weighted by Crippen LogP contribution is -2.37. The molecule has 136 valence electrons. The molecule has 1 amide bonds. The average molecular weight is 480 g/mol. The summed E-state index contributed by atoms with van der Waals surface area (Å²) < 4.78 is 7.50. The van der Waals surface area contributed by atoms with Gasteiger partial charge in [-0.25, -0.2) is 0 Å². The number of nitriles is 1. The van der Waals surface area contributed by atoms with Gasteiger partial charge in [0.25, 0.3) is 5.91 Å². The summed E-state index contributed by atoms with van der Waals surface area (Å²) in [7, 11) is 0. The number of halogens is 2. The van der Waals surface area contributed by atoms with Crippen molar-refractivity contribution in [1.82, 2.24) is 4.90 Å². The van der Waals surface area contributed by atoms with Gasteiger partial charge < -0.3 is 9.64 Å². The quantitative estimate of drug-likeness (QED) is 0.541. The standard InChI is InChI=1S/C20H20Br2N2O2/c1-15-12-17(21)13-18(22)20(15)26-14-19(25)24(10-5-9-23)11-8-16-6-3-2-4-7-16/h2-4,6-7,12-13H,5,8,10-11,14H2,1H3. The number of nitrogens with zero attached hydrogens (tertiary/aromatic N) is 2. The van der Waals surface area contributed by atoms with Crippen LogP contribution in [0.5, 0.6) is 5.75 Å². The number of aryl methyl sites for hydroxylation is 1. The number of carbonyl (C=O) groups excluding carboxylic acids is 1. The third-order valence-electron chi connectivity index (χ3n) is 3.89. The Morgan fingerprint density at radius 3 is 2.58 bits per heavy atom. The minimum Gasteiger partial charge on any atom is -0.482 e. The summed E-state index contributed by atoms with van der Waals surface area (Å²) in [6.45, 7) is 2.85. The van der Waals surface area contributed by atoms with E-state index in [0.717, 1.165) is 26.5 Å². The second kappa shape index (κ2) is 10.3. The molecule has 0 aliphatic carbocycles. The number of rotatable bonds is 8. The van der Waals surface area contributed by atoms with E-state index in [1.54, 1.807) is 4.90 Å². The van der Waals surface area contributed by atoms with E-state index in [2.05, 4.69) is 37.9 Å². The van der Waals surface area contributed by atoms with Crippen molar-refractivity contribution in [2.45, 2.75) is 19.8 Å². The van der Waals surface area contributed by atoms with E-state index in [4.69, 9.17) is 10.00 Å².